The third-order valence-corrected chi connectivity index (χ3v) is 3.77. The molecule has 0 saturated carbocycles. The van der Waals surface area contributed by atoms with Crippen LogP contribution in [0.5, 0.6) is 0 Å². The van der Waals surface area contributed by atoms with Crippen LogP contribution in [0.15, 0.2) is 22.7 Å². The molecule has 96 valence electrons. The van der Waals surface area contributed by atoms with Crippen molar-refractivity contribution in [2.75, 3.05) is 13.1 Å². The van der Waals surface area contributed by atoms with E-state index in [2.05, 4.69) is 21.2 Å². The maximum Gasteiger partial charge on any atom is 0.255 e. The maximum atomic E-state index is 12.4. The first kappa shape index (κ1) is 13.1. The summed E-state index contributed by atoms with van der Waals surface area (Å²) in [6.45, 7) is 4.77. The van der Waals surface area contributed by atoms with Gasteiger partial charge in [0.1, 0.15) is 6.04 Å². The van der Waals surface area contributed by atoms with Gasteiger partial charge in [0.2, 0.25) is 5.91 Å². The van der Waals surface area contributed by atoms with Crippen molar-refractivity contribution < 1.29 is 9.59 Å². The second-order valence-electron chi connectivity index (χ2n) is 4.45. The van der Waals surface area contributed by atoms with Crippen LogP contribution in [0.25, 0.3) is 0 Å². The van der Waals surface area contributed by atoms with Crippen molar-refractivity contribution in [3.63, 3.8) is 0 Å². The van der Waals surface area contributed by atoms with Crippen LogP contribution in [0.3, 0.4) is 0 Å². The zero-order valence-corrected chi connectivity index (χ0v) is 12.0. The van der Waals surface area contributed by atoms with Gasteiger partial charge in [-0.25, -0.2) is 0 Å². The highest BCUT2D eigenvalue weighted by Gasteiger charge is 2.30. The molecule has 0 unspecified atom stereocenters. The average Bonchev–Trinajstić information content (AvgIpc) is 2.32. The van der Waals surface area contributed by atoms with Crippen molar-refractivity contribution in [2.24, 2.45) is 0 Å². The van der Waals surface area contributed by atoms with Gasteiger partial charge >= 0.3 is 0 Å². The Morgan fingerprint density at radius 2 is 2.22 bits per heavy atom. The second-order valence-corrected chi connectivity index (χ2v) is 5.30. The van der Waals surface area contributed by atoms with Crippen LogP contribution in [0.4, 0.5) is 0 Å². The third kappa shape index (κ3) is 2.41. The highest BCUT2D eigenvalue weighted by atomic mass is 79.9. The molecule has 1 saturated heterocycles. The average molecular weight is 311 g/mol. The molecule has 1 aromatic rings. The number of benzene rings is 1. The normalized spacial score (nSPS) is 19.6. The molecule has 0 bridgehead atoms. The number of hydrogen-bond donors (Lipinski definition) is 1. The summed E-state index contributed by atoms with van der Waals surface area (Å²) < 4.78 is 0.769. The summed E-state index contributed by atoms with van der Waals surface area (Å²) in [4.78, 5) is 25.6. The van der Waals surface area contributed by atoms with Crippen LogP contribution in [-0.4, -0.2) is 35.8 Å². The molecule has 1 atom stereocenters. The maximum absolute atomic E-state index is 12.4. The van der Waals surface area contributed by atoms with Gasteiger partial charge in [0.05, 0.1) is 5.56 Å². The number of carbonyl (C=O) groups excluding carboxylic acids is 2. The van der Waals surface area contributed by atoms with Crippen LogP contribution in [-0.2, 0) is 4.79 Å². The van der Waals surface area contributed by atoms with Crippen LogP contribution >= 0.6 is 15.9 Å². The molecular formula is C13H15BrN2O2. The van der Waals surface area contributed by atoms with Crippen molar-refractivity contribution in [3.8, 4) is 0 Å². The minimum atomic E-state index is -0.417. The van der Waals surface area contributed by atoms with E-state index in [1.165, 1.54) is 0 Å². The zero-order chi connectivity index (χ0) is 13.3. The summed E-state index contributed by atoms with van der Waals surface area (Å²) in [7, 11) is 0. The van der Waals surface area contributed by atoms with Gasteiger partial charge in [-0.3, -0.25) is 9.59 Å². The Labute approximate surface area is 114 Å². The summed E-state index contributed by atoms with van der Waals surface area (Å²) in [6, 6.07) is 5.18. The monoisotopic (exact) mass is 310 g/mol. The van der Waals surface area contributed by atoms with E-state index in [-0.39, 0.29) is 11.8 Å². The molecular weight excluding hydrogens is 296 g/mol. The van der Waals surface area contributed by atoms with Crippen molar-refractivity contribution in [3.05, 3.63) is 33.8 Å². The first-order valence-corrected chi connectivity index (χ1v) is 6.65. The Morgan fingerprint density at radius 1 is 1.50 bits per heavy atom. The van der Waals surface area contributed by atoms with Crippen LogP contribution in [0, 0.1) is 6.92 Å². The molecule has 1 aliphatic heterocycles. The lowest BCUT2D eigenvalue weighted by Crippen LogP contribution is -2.55. The number of hydrogen-bond acceptors (Lipinski definition) is 2. The fraction of sp³-hybridized carbons (Fsp3) is 0.385. The summed E-state index contributed by atoms with van der Waals surface area (Å²) in [5.41, 5.74) is 1.69. The molecule has 0 aliphatic carbocycles. The Hall–Kier alpha value is -1.36. The van der Waals surface area contributed by atoms with Crippen molar-refractivity contribution in [1.29, 1.82) is 0 Å². The number of piperazine rings is 1. The molecule has 1 aliphatic rings. The van der Waals surface area contributed by atoms with Crippen molar-refractivity contribution in [2.45, 2.75) is 19.9 Å². The second kappa shape index (κ2) is 5.10. The lowest BCUT2D eigenvalue weighted by Gasteiger charge is -2.33. The van der Waals surface area contributed by atoms with Gasteiger partial charge in [-0.05, 0) is 47.5 Å². The van der Waals surface area contributed by atoms with E-state index in [1.807, 2.05) is 19.1 Å². The van der Waals surface area contributed by atoms with E-state index in [0.717, 1.165) is 10.0 Å². The van der Waals surface area contributed by atoms with Gasteiger partial charge in [-0.15, -0.1) is 0 Å². The van der Waals surface area contributed by atoms with E-state index in [4.69, 9.17) is 0 Å². The number of rotatable bonds is 1. The summed E-state index contributed by atoms with van der Waals surface area (Å²) in [5.74, 6) is -0.206. The van der Waals surface area contributed by atoms with Gasteiger partial charge in [-0.1, -0.05) is 6.07 Å². The molecule has 0 radical (unpaired) electrons. The highest BCUT2D eigenvalue weighted by Crippen LogP contribution is 2.21. The van der Waals surface area contributed by atoms with Gasteiger partial charge in [0.15, 0.2) is 0 Å². The number of nitrogens with zero attached hydrogens (tertiary/aromatic N) is 1. The van der Waals surface area contributed by atoms with Gasteiger partial charge in [-0.2, -0.15) is 0 Å². The minimum absolute atomic E-state index is 0.0992. The van der Waals surface area contributed by atoms with E-state index < -0.39 is 6.04 Å². The summed E-state index contributed by atoms with van der Waals surface area (Å²) >= 11 is 3.40. The van der Waals surface area contributed by atoms with Gasteiger partial charge in [0.25, 0.3) is 5.91 Å². The van der Waals surface area contributed by atoms with E-state index in [1.54, 1.807) is 17.9 Å². The number of nitrogens with one attached hydrogen (secondary N) is 1. The number of carbonyl (C=O) groups is 2. The Morgan fingerprint density at radius 3 is 2.89 bits per heavy atom. The Balaban J connectivity index is 2.28. The first-order valence-electron chi connectivity index (χ1n) is 5.85. The summed E-state index contributed by atoms with van der Waals surface area (Å²) in [5, 5.41) is 2.75. The Kier molecular flexibility index (Phi) is 3.71. The molecule has 4 nitrogen and oxygen atoms in total. The molecule has 5 heteroatoms. The number of halogens is 1. The zero-order valence-electron chi connectivity index (χ0n) is 10.4. The van der Waals surface area contributed by atoms with E-state index >= 15 is 0 Å². The molecule has 1 aromatic carbocycles. The topological polar surface area (TPSA) is 49.4 Å². The van der Waals surface area contributed by atoms with Gasteiger partial charge in [0, 0.05) is 17.6 Å². The predicted octanol–water partition coefficient (Wildman–Crippen LogP) is 1.72. The molecule has 2 rings (SSSR count). The van der Waals surface area contributed by atoms with E-state index in [0.29, 0.717) is 18.7 Å². The molecule has 1 heterocycles. The van der Waals surface area contributed by atoms with Crippen LogP contribution < -0.4 is 5.32 Å². The van der Waals surface area contributed by atoms with E-state index in [9.17, 15) is 9.59 Å². The summed E-state index contributed by atoms with van der Waals surface area (Å²) in [6.07, 6.45) is 0. The van der Waals surface area contributed by atoms with Crippen LogP contribution in [0.1, 0.15) is 22.8 Å². The number of amides is 2. The van der Waals surface area contributed by atoms with Crippen molar-refractivity contribution in [1.82, 2.24) is 10.2 Å². The predicted molar refractivity (Wildman–Crippen MR) is 72.4 cm³/mol. The quantitative estimate of drug-likeness (QED) is 0.858. The lowest BCUT2D eigenvalue weighted by molar-refractivity contribution is -0.127. The third-order valence-electron chi connectivity index (χ3n) is 3.11. The van der Waals surface area contributed by atoms with Gasteiger partial charge < -0.3 is 10.2 Å². The lowest BCUT2D eigenvalue weighted by atomic mass is 10.1. The highest BCUT2D eigenvalue weighted by molar-refractivity contribution is 9.10. The van der Waals surface area contributed by atoms with Crippen molar-refractivity contribution >= 4 is 27.7 Å². The number of aryl methyl sites for hydroxylation is 1. The first-order chi connectivity index (χ1) is 8.50. The fourth-order valence-electron chi connectivity index (χ4n) is 2.01. The molecule has 0 spiro atoms. The standard InChI is InChI=1S/C13H15BrN2O2/c1-8-3-4-10(11(14)7-8)13(18)16-6-5-15-12(17)9(16)2/h3-4,7,9H,5-6H2,1-2H3,(H,15,17)/t9-/m0/s1. The SMILES string of the molecule is Cc1ccc(C(=O)N2CCNC(=O)[C@@H]2C)c(Br)c1. The molecule has 0 aromatic heterocycles. The molecule has 2 amide bonds. The fourth-order valence-corrected chi connectivity index (χ4v) is 2.67. The largest absolute Gasteiger partial charge is 0.353 e. The van der Waals surface area contributed by atoms with Crippen LogP contribution in [0.2, 0.25) is 0 Å². The molecule has 18 heavy (non-hydrogen) atoms. The molecule has 1 N–H and O–H groups in total. The Bertz CT molecular complexity index is 502. The molecule has 1 fully saturated rings. The minimum Gasteiger partial charge on any atom is -0.353 e. The smallest absolute Gasteiger partial charge is 0.255 e.